The van der Waals surface area contributed by atoms with Crippen LogP contribution < -0.4 is 4.74 Å². The van der Waals surface area contributed by atoms with E-state index >= 15 is 0 Å². The molecule has 39 heavy (non-hydrogen) atoms. The van der Waals surface area contributed by atoms with Crippen molar-refractivity contribution >= 4 is 5.91 Å². The molecule has 0 N–H and O–H groups in total. The fourth-order valence-corrected chi connectivity index (χ4v) is 4.90. The number of fused-ring (bicyclic) bond motifs is 3. The molecule has 1 aliphatic rings. The Morgan fingerprint density at radius 2 is 1.74 bits per heavy atom. The summed E-state index contributed by atoms with van der Waals surface area (Å²) < 4.78 is 12.1. The summed E-state index contributed by atoms with van der Waals surface area (Å²) in [7, 11) is 1.84. The lowest BCUT2D eigenvalue weighted by molar-refractivity contribution is 0.0752. The van der Waals surface area contributed by atoms with Gasteiger partial charge in [-0.2, -0.15) is 0 Å². The summed E-state index contributed by atoms with van der Waals surface area (Å²) in [5.41, 5.74) is 6.22. The van der Waals surface area contributed by atoms with E-state index in [-0.39, 0.29) is 5.91 Å². The molecule has 3 aromatic carbocycles. The minimum atomic E-state index is -0.0108. The van der Waals surface area contributed by atoms with E-state index < -0.39 is 0 Å². The monoisotopic (exact) mass is 521 g/mol. The Labute approximate surface area is 230 Å². The average Bonchev–Trinajstić information content (AvgIpc) is 2.96. The predicted octanol–water partition coefficient (Wildman–Crippen LogP) is 5.36. The lowest BCUT2D eigenvalue weighted by Crippen LogP contribution is -2.28. The van der Waals surface area contributed by atoms with Crippen molar-refractivity contribution in [1.29, 1.82) is 0 Å². The molecule has 1 aliphatic heterocycles. The second kappa shape index (κ2) is 13.2. The fourth-order valence-electron chi connectivity index (χ4n) is 4.90. The highest BCUT2D eigenvalue weighted by Crippen LogP contribution is 2.25. The highest BCUT2D eigenvalue weighted by molar-refractivity contribution is 5.94. The Morgan fingerprint density at radius 1 is 0.897 bits per heavy atom. The molecule has 0 saturated carbocycles. The number of carbonyl (C=O) groups excluding carboxylic acids is 1. The van der Waals surface area contributed by atoms with E-state index in [1.54, 1.807) is 4.90 Å². The maximum atomic E-state index is 13.3. The lowest BCUT2D eigenvalue weighted by Gasteiger charge is -2.23. The van der Waals surface area contributed by atoms with Gasteiger partial charge in [0.05, 0.1) is 18.9 Å². The van der Waals surface area contributed by atoms with Crippen molar-refractivity contribution in [3.63, 3.8) is 0 Å². The van der Waals surface area contributed by atoms with Crippen LogP contribution in [0, 0.1) is 0 Å². The first-order valence-corrected chi connectivity index (χ1v) is 13.5. The van der Waals surface area contributed by atoms with Crippen LogP contribution in [-0.4, -0.2) is 54.1 Å². The third kappa shape index (κ3) is 7.53. The number of benzene rings is 3. The number of carbonyl (C=O) groups is 1. The van der Waals surface area contributed by atoms with Gasteiger partial charge in [-0.15, -0.1) is 0 Å². The van der Waals surface area contributed by atoms with Gasteiger partial charge in [0.25, 0.3) is 5.91 Å². The molecule has 200 valence electrons. The smallest absolute Gasteiger partial charge is 0.253 e. The zero-order chi connectivity index (χ0) is 26.9. The van der Waals surface area contributed by atoms with Crippen LogP contribution in [0.15, 0.2) is 97.2 Å². The van der Waals surface area contributed by atoms with Crippen molar-refractivity contribution in [3.8, 4) is 5.75 Å². The second-order valence-corrected chi connectivity index (χ2v) is 9.96. The fraction of sp³-hybridized carbons (Fsp3) is 0.273. The van der Waals surface area contributed by atoms with E-state index in [4.69, 9.17) is 9.47 Å². The van der Waals surface area contributed by atoms with Crippen LogP contribution in [0.25, 0.3) is 0 Å². The van der Waals surface area contributed by atoms with Crippen LogP contribution in [0.2, 0.25) is 0 Å². The van der Waals surface area contributed by atoms with Crippen molar-refractivity contribution in [2.45, 2.75) is 26.1 Å². The van der Waals surface area contributed by atoms with Gasteiger partial charge >= 0.3 is 0 Å². The van der Waals surface area contributed by atoms with Crippen LogP contribution in [-0.2, 0) is 30.8 Å². The van der Waals surface area contributed by atoms with Crippen molar-refractivity contribution in [2.75, 3.05) is 33.4 Å². The van der Waals surface area contributed by atoms with Crippen molar-refractivity contribution < 1.29 is 14.3 Å². The average molecular weight is 522 g/mol. The summed E-state index contributed by atoms with van der Waals surface area (Å²) in [4.78, 5) is 21.9. The van der Waals surface area contributed by atoms with Gasteiger partial charge in [-0.25, -0.2) is 0 Å². The number of amides is 1. The first-order valence-electron chi connectivity index (χ1n) is 13.5. The third-order valence-corrected chi connectivity index (χ3v) is 6.86. The summed E-state index contributed by atoms with van der Waals surface area (Å²) in [6.45, 7) is 4.50. The maximum Gasteiger partial charge on any atom is 0.253 e. The summed E-state index contributed by atoms with van der Waals surface area (Å²) in [6.07, 6.45) is 2.51. The van der Waals surface area contributed by atoms with Gasteiger partial charge in [0.1, 0.15) is 12.4 Å². The first-order chi connectivity index (χ1) is 19.1. The highest BCUT2D eigenvalue weighted by Gasteiger charge is 2.16. The minimum absolute atomic E-state index is 0.0108. The normalized spacial score (nSPS) is 14.5. The molecular formula is C33H35N3O3. The zero-order valence-corrected chi connectivity index (χ0v) is 22.5. The molecular weight excluding hydrogens is 486 g/mol. The van der Waals surface area contributed by atoms with Crippen molar-refractivity contribution in [3.05, 3.63) is 131 Å². The third-order valence-electron chi connectivity index (χ3n) is 6.86. The van der Waals surface area contributed by atoms with Gasteiger partial charge in [-0.05, 0) is 52.6 Å². The second-order valence-electron chi connectivity index (χ2n) is 9.96. The number of aromatic nitrogens is 1. The number of ether oxygens (including phenoxy) is 2. The van der Waals surface area contributed by atoms with Gasteiger partial charge in [0.2, 0.25) is 0 Å². The van der Waals surface area contributed by atoms with Crippen molar-refractivity contribution in [1.82, 2.24) is 14.8 Å². The Balaban J connectivity index is 1.37. The zero-order valence-electron chi connectivity index (χ0n) is 22.5. The molecule has 0 aliphatic carbocycles. The van der Waals surface area contributed by atoms with Gasteiger partial charge < -0.3 is 14.4 Å². The number of rotatable bonds is 5. The topological polar surface area (TPSA) is 54.9 Å². The number of hydrogen-bond donors (Lipinski definition) is 0. The summed E-state index contributed by atoms with van der Waals surface area (Å²) in [5.74, 6) is 0.781. The standard InChI is InChI=1S/C33H35N3O3/c1-35(23-26-8-3-2-4-9-26)33(37)29-13-14-32-30(22-29)21-27-10-7-11-28(20-27)24-36(16-17-38-18-19-39-32)25-31-12-5-6-15-34-31/h2-15,20,22H,16-19,21,23-25H2,1H3. The molecule has 0 atom stereocenters. The van der Waals surface area contributed by atoms with E-state index in [0.717, 1.165) is 42.2 Å². The molecule has 5 rings (SSSR count). The maximum absolute atomic E-state index is 13.3. The number of hydrogen-bond acceptors (Lipinski definition) is 5. The molecule has 1 aromatic heterocycles. The SMILES string of the molecule is CN(Cc1ccccc1)C(=O)c1ccc2c(c1)Cc1cccc(c1)CN(Cc1ccccn1)CCOCCO2. The Morgan fingerprint density at radius 3 is 2.59 bits per heavy atom. The van der Waals surface area contributed by atoms with Gasteiger partial charge in [0.15, 0.2) is 0 Å². The highest BCUT2D eigenvalue weighted by atomic mass is 16.5. The Kier molecular flexibility index (Phi) is 8.99. The molecule has 4 aromatic rings. The molecule has 0 fully saturated rings. The summed E-state index contributed by atoms with van der Waals surface area (Å²) >= 11 is 0. The summed E-state index contributed by atoms with van der Waals surface area (Å²) in [6, 6.07) is 30.5. The van der Waals surface area contributed by atoms with Crippen LogP contribution in [0.3, 0.4) is 0 Å². The van der Waals surface area contributed by atoms with E-state index in [2.05, 4.69) is 40.2 Å². The van der Waals surface area contributed by atoms with Crippen LogP contribution in [0.4, 0.5) is 0 Å². The minimum Gasteiger partial charge on any atom is -0.491 e. The largest absolute Gasteiger partial charge is 0.491 e. The molecule has 6 nitrogen and oxygen atoms in total. The Bertz CT molecular complexity index is 1360. The van der Waals surface area contributed by atoms with E-state index in [0.29, 0.717) is 38.3 Å². The van der Waals surface area contributed by atoms with E-state index in [9.17, 15) is 4.79 Å². The number of nitrogens with zero attached hydrogens (tertiary/aromatic N) is 3. The summed E-state index contributed by atoms with van der Waals surface area (Å²) in [5, 5.41) is 0. The Hall–Kier alpha value is -4.00. The molecule has 2 heterocycles. The van der Waals surface area contributed by atoms with Gasteiger partial charge in [-0.3, -0.25) is 14.7 Å². The number of pyridine rings is 1. The van der Waals surface area contributed by atoms with Crippen LogP contribution in [0.1, 0.15) is 38.3 Å². The van der Waals surface area contributed by atoms with Gasteiger partial charge in [-0.1, -0.05) is 60.7 Å². The van der Waals surface area contributed by atoms with Crippen molar-refractivity contribution in [2.24, 2.45) is 0 Å². The van der Waals surface area contributed by atoms with Gasteiger partial charge in [0, 0.05) is 51.4 Å². The molecule has 0 spiro atoms. The molecule has 1 amide bonds. The molecule has 6 heteroatoms. The molecule has 0 saturated heterocycles. The first kappa shape index (κ1) is 26.6. The quantitative estimate of drug-likeness (QED) is 0.354. The van der Waals surface area contributed by atoms with Crippen LogP contribution in [0.5, 0.6) is 5.75 Å². The lowest BCUT2D eigenvalue weighted by atomic mass is 9.99. The molecule has 0 radical (unpaired) electrons. The van der Waals surface area contributed by atoms with E-state index in [1.165, 1.54) is 11.1 Å². The van der Waals surface area contributed by atoms with E-state index in [1.807, 2.05) is 73.9 Å². The molecule has 0 unspecified atom stereocenters. The molecule has 2 bridgehead atoms. The van der Waals surface area contributed by atoms with Crippen LogP contribution >= 0.6 is 0 Å². The predicted molar refractivity (Wildman–Crippen MR) is 153 cm³/mol.